The molecule has 1 aliphatic heterocycles. The lowest BCUT2D eigenvalue weighted by Gasteiger charge is -2.19. The van der Waals surface area contributed by atoms with Gasteiger partial charge in [0.05, 0.1) is 13.2 Å². The Kier molecular flexibility index (Phi) is 8.80. The maximum Gasteiger partial charge on any atom is 0.351 e. The van der Waals surface area contributed by atoms with E-state index in [9.17, 15) is 28.9 Å². The van der Waals surface area contributed by atoms with E-state index in [0.717, 1.165) is 16.3 Å². The quantitative estimate of drug-likeness (QED) is 0.144. The average Bonchev–Trinajstić information content (AvgIpc) is 3.23. The van der Waals surface area contributed by atoms with Gasteiger partial charge in [-0.3, -0.25) is 13.9 Å². The van der Waals surface area contributed by atoms with E-state index >= 15 is 0 Å². The smallest absolute Gasteiger partial charge is 0.351 e. The van der Waals surface area contributed by atoms with Crippen LogP contribution >= 0.6 is 20.0 Å². The summed E-state index contributed by atoms with van der Waals surface area (Å²) >= 11 is 0.917. The predicted octanol–water partition coefficient (Wildman–Crippen LogP) is 2.11. The van der Waals surface area contributed by atoms with Crippen LogP contribution < -0.4 is 17.0 Å². The van der Waals surface area contributed by atoms with Gasteiger partial charge in [-0.1, -0.05) is 24.3 Å². The van der Waals surface area contributed by atoms with Crippen molar-refractivity contribution < 1.29 is 37.8 Å². The van der Waals surface area contributed by atoms with Crippen LogP contribution in [0.3, 0.4) is 0 Å². The Hall–Kier alpha value is -3.62. The summed E-state index contributed by atoms with van der Waals surface area (Å²) in [5, 5.41) is 10.8. The highest BCUT2D eigenvalue weighted by Gasteiger charge is 2.46. The zero-order valence-corrected chi connectivity index (χ0v) is 22.9. The Morgan fingerprint density at radius 1 is 1.15 bits per heavy atom. The second-order valence-electron chi connectivity index (χ2n) is 8.98. The normalized spacial score (nSPS) is 21.2. The van der Waals surface area contributed by atoms with Crippen molar-refractivity contribution in [2.45, 2.75) is 36.0 Å². The van der Waals surface area contributed by atoms with E-state index in [-0.39, 0.29) is 30.2 Å². The summed E-state index contributed by atoms with van der Waals surface area (Å²) in [6.45, 7) is -0.147. The van der Waals surface area contributed by atoms with Crippen molar-refractivity contribution in [1.82, 2.24) is 9.55 Å². The molecule has 5 atom stereocenters. The minimum atomic E-state index is -3.47. The third-order valence-electron chi connectivity index (χ3n) is 6.19. The molecule has 15 heteroatoms. The number of aliphatic hydroxyl groups is 1. The number of hydrogen-bond donors (Lipinski definition) is 3. The van der Waals surface area contributed by atoms with Gasteiger partial charge in [-0.15, -0.1) is 0 Å². The fourth-order valence-electron chi connectivity index (χ4n) is 4.31. The fraction of sp³-hybridized carbons (Fsp3) is 0.231. The number of carbonyl (C=O) groups excluding carboxylic acids is 1. The monoisotopic (exact) mass is 601 g/mol. The maximum atomic E-state index is 12.7. The third-order valence-corrected chi connectivity index (χ3v) is 7.58. The van der Waals surface area contributed by atoms with Crippen LogP contribution in [0.15, 0.2) is 85.8 Å². The van der Waals surface area contributed by atoms with Gasteiger partial charge in [-0.05, 0) is 53.7 Å². The first-order valence-electron chi connectivity index (χ1n) is 12.2. The number of fused-ring (bicyclic) bond motifs is 1. The van der Waals surface area contributed by atoms with Crippen LogP contribution in [0, 0.1) is 0 Å². The van der Waals surface area contributed by atoms with Crippen LogP contribution in [0.2, 0.25) is 0 Å². The number of aliphatic hydroxyl groups excluding tert-OH is 1. The van der Waals surface area contributed by atoms with Gasteiger partial charge in [0.25, 0.3) is 0 Å². The van der Waals surface area contributed by atoms with Crippen LogP contribution in [0.5, 0.6) is 0 Å². The van der Waals surface area contributed by atoms with E-state index in [1.165, 1.54) is 18.3 Å². The second-order valence-corrected chi connectivity index (χ2v) is 10.8. The Bertz CT molecular complexity index is 1710. The van der Waals surface area contributed by atoms with Crippen LogP contribution in [-0.4, -0.2) is 49.6 Å². The SMILES string of the molecule is Nc1ccn([C@@H]2O[C@H](COCc3ccc4oc(=O)c(C(=O)Sc5ccccc5)cc4c3)[C@@H](O[PH](=O)O)[C@H]2O)c(=O)n1. The van der Waals surface area contributed by atoms with Gasteiger partial charge in [0.1, 0.15) is 35.3 Å². The van der Waals surface area contributed by atoms with Crippen molar-refractivity contribution >= 4 is 41.9 Å². The van der Waals surface area contributed by atoms with E-state index in [4.69, 9.17) is 24.1 Å². The molecule has 1 saturated heterocycles. The highest BCUT2D eigenvalue weighted by molar-refractivity contribution is 8.14. The molecule has 0 radical (unpaired) electrons. The van der Waals surface area contributed by atoms with Gasteiger partial charge >= 0.3 is 19.6 Å². The Morgan fingerprint density at radius 2 is 1.93 bits per heavy atom. The molecule has 5 rings (SSSR count). The van der Waals surface area contributed by atoms with Gasteiger partial charge in [0.2, 0.25) is 5.12 Å². The summed E-state index contributed by atoms with van der Waals surface area (Å²) in [7, 11) is -3.47. The molecule has 0 aliphatic carbocycles. The van der Waals surface area contributed by atoms with Gasteiger partial charge in [0, 0.05) is 16.5 Å². The summed E-state index contributed by atoms with van der Waals surface area (Å²) in [6.07, 6.45) is -3.75. The van der Waals surface area contributed by atoms with E-state index < -0.39 is 49.2 Å². The summed E-state index contributed by atoms with van der Waals surface area (Å²) < 4.78 is 34.3. The lowest BCUT2D eigenvalue weighted by molar-refractivity contribution is -0.0697. The topological polar surface area (TPSA) is 193 Å². The molecule has 2 aromatic carbocycles. The first kappa shape index (κ1) is 28.9. The molecule has 214 valence electrons. The number of nitrogen functional groups attached to an aromatic ring is 1. The van der Waals surface area contributed by atoms with Crippen molar-refractivity contribution in [3.8, 4) is 0 Å². The Morgan fingerprint density at radius 3 is 2.66 bits per heavy atom. The second kappa shape index (κ2) is 12.5. The number of anilines is 1. The van der Waals surface area contributed by atoms with E-state index in [1.54, 1.807) is 42.5 Å². The van der Waals surface area contributed by atoms with Crippen molar-refractivity contribution in [3.63, 3.8) is 0 Å². The summed E-state index contributed by atoms with van der Waals surface area (Å²) in [5.41, 5.74) is 4.83. The van der Waals surface area contributed by atoms with Crippen LogP contribution in [-0.2, 0) is 25.2 Å². The molecular weight excluding hydrogens is 577 g/mol. The summed E-state index contributed by atoms with van der Waals surface area (Å²) in [4.78, 5) is 51.0. The Labute approximate surface area is 236 Å². The molecule has 3 heterocycles. The first-order valence-corrected chi connectivity index (χ1v) is 14.3. The highest BCUT2D eigenvalue weighted by Crippen LogP contribution is 2.35. The molecule has 0 saturated carbocycles. The Balaban J connectivity index is 1.29. The molecule has 1 aliphatic rings. The molecule has 0 spiro atoms. The molecular formula is C26H24N3O10PS. The molecule has 13 nitrogen and oxygen atoms in total. The molecule has 2 aromatic heterocycles. The number of nitrogens with zero attached hydrogens (tertiary/aromatic N) is 2. The largest absolute Gasteiger partial charge is 0.422 e. The number of ether oxygens (including phenoxy) is 2. The molecule has 1 fully saturated rings. The lowest BCUT2D eigenvalue weighted by atomic mass is 10.1. The molecule has 4 N–H and O–H groups in total. The highest BCUT2D eigenvalue weighted by atomic mass is 32.2. The number of thioether (sulfide) groups is 1. The average molecular weight is 602 g/mol. The number of benzene rings is 2. The lowest BCUT2D eigenvalue weighted by Crippen LogP contribution is -2.37. The minimum absolute atomic E-state index is 0.0204. The number of aromatic nitrogens is 2. The van der Waals surface area contributed by atoms with Crippen molar-refractivity contribution in [2.75, 3.05) is 12.3 Å². The predicted molar refractivity (Wildman–Crippen MR) is 148 cm³/mol. The zero-order valence-electron chi connectivity index (χ0n) is 21.1. The van der Waals surface area contributed by atoms with Crippen LogP contribution in [0.25, 0.3) is 11.0 Å². The molecule has 41 heavy (non-hydrogen) atoms. The molecule has 1 unspecified atom stereocenters. The zero-order chi connectivity index (χ0) is 29.1. The molecule has 4 aromatic rings. The van der Waals surface area contributed by atoms with Gasteiger partial charge < -0.3 is 34.1 Å². The van der Waals surface area contributed by atoms with Crippen LogP contribution in [0.1, 0.15) is 22.1 Å². The summed E-state index contributed by atoms with van der Waals surface area (Å²) in [6, 6.07) is 16.6. The van der Waals surface area contributed by atoms with E-state index in [2.05, 4.69) is 4.98 Å². The molecule has 0 amide bonds. The minimum Gasteiger partial charge on any atom is -0.422 e. The third kappa shape index (κ3) is 6.66. The number of carbonyl (C=O) groups is 1. The van der Waals surface area contributed by atoms with Gasteiger partial charge in [0.15, 0.2) is 6.23 Å². The summed E-state index contributed by atoms with van der Waals surface area (Å²) in [5.74, 6) is -0.0204. The number of hydrogen-bond acceptors (Lipinski definition) is 12. The fourth-order valence-corrected chi connectivity index (χ4v) is 5.60. The van der Waals surface area contributed by atoms with Gasteiger partial charge in [-0.25, -0.2) is 9.59 Å². The van der Waals surface area contributed by atoms with E-state index in [0.29, 0.717) is 15.8 Å². The number of rotatable bonds is 9. The van der Waals surface area contributed by atoms with Crippen molar-refractivity contribution in [2.24, 2.45) is 0 Å². The van der Waals surface area contributed by atoms with Crippen molar-refractivity contribution in [3.05, 3.63) is 98.9 Å². The van der Waals surface area contributed by atoms with Crippen molar-refractivity contribution in [1.29, 1.82) is 0 Å². The molecule has 0 bridgehead atoms. The standard InChI is InChI=1S/C26H24N3O10PS/c27-20-8-9-29(26(33)28-20)23-21(30)22(39-40(34)35)19(37-23)13-36-12-14-6-7-18-15(10-14)11-17(24(31)38-18)25(32)41-16-4-2-1-3-5-16/h1-11,19,21-23,30,40H,12-13H2,(H,34,35)(H2,27,28,33)/t19-,21-,22-,23-/m1/s1. The maximum absolute atomic E-state index is 12.7. The number of nitrogens with two attached hydrogens (primary N) is 1. The van der Waals surface area contributed by atoms with Gasteiger partial charge in [-0.2, -0.15) is 4.98 Å². The van der Waals surface area contributed by atoms with E-state index in [1.807, 2.05) is 6.07 Å². The first-order chi connectivity index (χ1) is 19.7. The van der Waals surface area contributed by atoms with Crippen LogP contribution in [0.4, 0.5) is 5.82 Å².